The number of hydrogen-bond donors (Lipinski definition) is 4. The molecule has 0 radical (unpaired) electrons. The molecule has 1 aliphatic rings. The van der Waals surface area contributed by atoms with Gasteiger partial charge in [0.2, 0.25) is 6.41 Å². The number of H-pyrrole nitrogens is 1. The normalized spacial score (nSPS) is 15.2. The molecule has 1 atom stereocenters. The van der Waals surface area contributed by atoms with Crippen LogP contribution in [0.15, 0.2) is 34.7 Å². The van der Waals surface area contributed by atoms with E-state index in [2.05, 4.69) is 4.98 Å². The SMILES string of the molecule is NC(=O)c1c(N(N)C=O)[nH]c2cc(-c3ccc(C(N)C4CC4)o3)ccc12. The largest absolute Gasteiger partial charge is 0.459 e. The third kappa shape index (κ3) is 2.65. The summed E-state index contributed by atoms with van der Waals surface area (Å²) in [5.41, 5.74) is 13.2. The van der Waals surface area contributed by atoms with Crippen molar-refractivity contribution in [2.45, 2.75) is 18.9 Å². The average Bonchev–Trinajstić information content (AvgIpc) is 3.23. The summed E-state index contributed by atoms with van der Waals surface area (Å²) in [6, 6.07) is 9.06. The molecule has 8 heteroatoms. The molecule has 26 heavy (non-hydrogen) atoms. The van der Waals surface area contributed by atoms with Crippen molar-refractivity contribution in [3.63, 3.8) is 0 Å². The van der Waals surface area contributed by atoms with E-state index in [1.165, 1.54) is 0 Å². The van der Waals surface area contributed by atoms with Gasteiger partial charge in [0.05, 0.1) is 11.6 Å². The van der Waals surface area contributed by atoms with Crippen molar-refractivity contribution in [1.82, 2.24) is 4.98 Å². The third-order valence-corrected chi connectivity index (χ3v) is 4.77. The number of hydrazine groups is 1. The highest BCUT2D eigenvalue weighted by molar-refractivity contribution is 6.12. The lowest BCUT2D eigenvalue weighted by Crippen LogP contribution is -2.31. The third-order valence-electron chi connectivity index (χ3n) is 4.77. The van der Waals surface area contributed by atoms with Crippen LogP contribution in [-0.4, -0.2) is 17.3 Å². The number of rotatable bonds is 6. The van der Waals surface area contributed by atoms with E-state index < -0.39 is 5.91 Å². The fourth-order valence-electron chi connectivity index (χ4n) is 3.21. The predicted molar refractivity (Wildman–Crippen MR) is 96.9 cm³/mol. The number of carbonyl (C=O) groups is 2. The van der Waals surface area contributed by atoms with Crippen LogP contribution in [0.4, 0.5) is 5.82 Å². The summed E-state index contributed by atoms with van der Waals surface area (Å²) < 4.78 is 5.91. The van der Waals surface area contributed by atoms with Gasteiger partial charge in [-0.05, 0) is 37.0 Å². The molecule has 0 aliphatic heterocycles. The number of amides is 2. The fraction of sp³-hybridized carbons (Fsp3) is 0.222. The molecule has 8 nitrogen and oxygen atoms in total. The molecule has 7 N–H and O–H groups in total. The molecule has 2 amide bonds. The molecule has 1 aromatic carbocycles. The number of benzene rings is 1. The Kier molecular flexibility index (Phi) is 3.78. The summed E-state index contributed by atoms with van der Waals surface area (Å²) in [4.78, 5) is 25.7. The second-order valence-corrected chi connectivity index (χ2v) is 6.55. The topological polar surface area (TPSA) is 144 Å². The van der Waals surface area contributed by atoms with E-state index in [1.807, 2.05) is 24.3 Å². The molecule has 1 fully saturated rings. The monoisotopic (exact) mass is 353 g/mol. The zero-order valence-electron chi connectivity index (χ0n) is 13.9. The van der Waals surface area contributed by atoms with E-state index in [0.717, 1.165) is 29.2 Å². The molecule has 0 spiro atoms. The van der Waals surface area contributed by atoms with Gasteiger partial charge in [-0.2, -0.15) is 0 Å². The second-order valence-electron chi connectivity index (χ2n) is 6.55. The number of hydrogen-bond acceptors (Lipinski definition) is 5. The van der Waals surface area contributed by atoms with Gasteiger partial charge >= 0.3 is 0 Å². The number of furan rings is 1. The Labute approximate surface area is 148 Å². The molecule has 3 aromatic rings. The Morgan fingerprint density at radius 3 is 2.73 bits per heavy atom. The van der Waals surface area contributed by atoms with Gasteiger partial charge in [0, 0.05) is 16.5 Å². The molecule has 2 heterocycles. The molecule has 0 saturated heterocycles. The molecule has 1 saturated carbocycles. The number of carbonyl (C=O) groups excluding carboxylic acids is 2. The Morgan fingerprint density at radius 2 is 2.08 bits per heavy atom. The van der Waals surface area contributed by atoms with E-state index in [4.69, 9.17) is 21.7 Å². The highest BCUT2D eigenvalue weighted by atomic mass is 16.3. The van der Waals surface area contributed by atoms with Crippen LogP contribution in [0, 0.1) is 5.92 Å². The number of nitrogens with zero attached hydrogens (tertiary/aromatic N) is 1. The number of nitrogens with one attached hydrogen (secondary N) is 1. The van der Waals surface area contributed by atoms with Gasteiger partial charge in [-0.1, -0.05) is 12.1 Å². The fourth-order valence-corrected chi connectivity index (χ4v) is 3.21. The van der Waals surface area contributed by atoms with Gasteiger partial charge in [-0.15, -0.1) is 0 Å². The van der Waals surface area contributed by atoms with Gasteiger partial charge in [0.1, 0.15) is 17.3 Å². The number of fused-ring (bicyclic) bond motifs is 1. The van der Waals surface area contributed by atoms with Crippen LogP contribution in [0.1, 0.15) is 35.0 Å². The van der Waals surface area contributed by atoms with Gasteiger partial charge < -0.3 is 20.9 Å². The van der Waals surface area contributed by atoms with E-state index >= 15 is 0 Å². The van der Waals surface area contributed by atoms with E-state index in [9.17, 15) is 9.59 Å². The number of aromatic amines is 1. The lowest BCUT2D eigenvalue weighted by atomic mass is 10.1. The maximum absolute atomic E-state index is 11.8. The van der Waals surface area contributed by atoms with Crippen LogP contribution >= 0.6 is 0 Å². The summed E-state index contributed by atoms with van der Waals surface area (Å²) in [5, 5.41) is 1.37. The first-order chi connectivity index (χ1) is 12.5. The van der Waals surface area contributed by atoms with Crippen molar-refractivity contribution in [2.24, 2.45) is 23.2 Å². The molecule has 134 valence electrons. The summed E-state index contributed by atoms with van der Waals surface area (Å²) >= 11 is 0. The molecule has 1 aliphatic carbocycles. The lowest BCUT2D eigenvalue weighted by Gasteiger charge is -2.08. The molecule has 0 bridgehead atoms. The first kappa shape index (κ1) is 16.4. The standard InChI is InChI=1S/C18H19N5O3/c19-16(9-1-2-9)14-6-5-13(26-14)10-3-4-11-12(7-10)22-18(23(21)8-24)15(11)17(20)25/h3-9,16,22H,1-2,19,21H2,(H2,20,25). The van der Waals surface area contributed by atoms with Crippen LogP contribution in [0.2, 0.25) is 0 Å². The minimum absolute atomic E-state index is 0.0792. The minimum atomic E-state index is -0.674. The predicted octanol–water partition coefficient (Wildman–Crippen LogP) is 1.77. The maximum Gasteiger partial charge on any atom is 0.253 e. The summed E-state index contributed by atoms with van der Waals surface area (Å²) in [6.07, 6.45) is 2.67. The van der Waals surface area contributed by atoms with Gasteiger partial charge in [0.25, 0.3) is 5.91 Å². The highest BCUT2D eigenvalue weighted by Crippen LogP contribution is 2.41. The number of nitrogens with two attached hydrogens (primary N) is 3. The molecule has 1 unspecified atom stereocenters. The first-order valence-electron chi connectivity index (χ1n) is 8.30. The van der Waals surface area contributed by atoms with Crippen LogP contribution in [0.5, 0.6) is 0 Å². The lowest BCUT2D eigenvalue weighted by molar-refractivity contribution is -0.107. The number of anilines is 1. The number of aromatic nitrogens is 1. The van der Waals surface area contributed by atoms with Crippen molar-refractivity contribution in [3.05, 3.63) is 41.7 Å². The van der Waals surface area contributed by atoms with Crippen LogP contribution < -0.4 is 22.3 Å². The van der Waals surface area contributed by atoms with E-state index in [1.54, 1.807) is 6.07 Å². The highest BCUT2D eigenvalue weighted by Gasteiger charge is 2.31. The van der Waals surface area contributed by atoms with Crippen LogP contribution in [-0.2, 0) is 4.79 Å². The summed E-state index contributed by atoms with van der Waals surface area (Å²) in [7, 11) is 0. The van der Waals surface area contributed by atoms with Crippen molar-refractivity contribution in [3.8, 4) is 11.3 Å². The average molecular weight is 353 g/mol. The van der Waals surface area contributed by atoms with Gasteiger partial charge in [-0.25, -0.2) is 10.9 Å². The number of primary amides is 1. The molecule has 2 aromatic heterocycles. The molecular formula is C18H19N5O3. The Balaban J connectivity index is 1.76. The molecule has 4 rings (SSSR count). The Hall–Kier alpha value is -3.10. The zero-order chi connectivity index (χ0) is 18.4. The van der Waals surface area contributed by atoms with Gasteiger partial charge in [-0.3, -0.25) is 9.59 Å². The van der Waals surface area contributed by atoms with Crippen LogP contribution in [0.3, 0.4) is 0 Å². The summed E-state index contributed by atoms with van der Waals surface area (Å²) in [6.45, 7) is 0. The quantitative estimate of drug-likeness (QED) is 0.231. The van der Waals surface area contributed by atoms with Crippen LogP contribution in [0.25, 0.3) is 22.2 Å². The summed E-state index contributed by atoms with van der Waals surface area (Å²) in [5.74, 6) is 7.03. The first-order valence-corrected chi connectivity index (χ1v) is 8.30. The van der Waals surface area contributed by atoms with Crippen molar-refractivity contribution < 1.29 is 14.0 Å². The van der Waals surface area contributed by atoms with Crippen molar-refractivity contribution in [1.29, 1.82) is 0 Å². The Morgan fingerprint density at radius 1 is 1.31 bits per heavy atom. The maximum atomic E-state index is 11.8. The zero-order valence-corrected chi connectivity index (χ0v) is 13.9. The van der Waals surface area contributed by atoms with E-state index in [-0.39, 0.29) is 17.4 Å². The smallest absolute Gasteiger partial charge is 0.253 e. The second kappa shape index (κ2) is 6.01. The van der Waals surface area contributed by atoms with E-state index in [0.29, 0.717) is 29.0 Å². The molecular weight excluding hydrogens is 334 g/mol. The van der Waals surface area contributed by atoms with Crippen molar-refractivity contribution >= 4 is 29.0 Å². The van der Waals surface area contributed by atoms with Gasteiger partial charge in [0.15, 0.2) is 0 Å². The Bertz CT molecular complexity index is 1000. The van der Waals surface area contributed by atoms with Crippen molar-refractivity contribution in [2.75, 3.05) is 5.01 Å². The minimum Gasteiger partial charge on any atom is -0.459 e.